The quantitative estimate of drug-likeness (QED) is 0.634. The molecule has 2 rings (SSSR count). The molecule has 1 aromatic heterocycles. The summed E-state index contributed by atoms with van der Waals surface area (Å²) in [6.07, 6.45) is 0. The first-order chi connectivity index (χ1) is 8.68. The molecule has 0 spiro atoms. The largest absolute Gasteiger partial charge is 0.303 e. The first kappa shape index (κ1) is 12.7. The highest BCUT2D eigenvalue weighted by molar-refractivity contribution is 14.1. The minimum atomic E-state index is -0.320. The van der Waals surface area contributed by atoms with Crippen LogP contribution in [0.4, 0.5) is 0 Å². The molecule has 0 bridgehead atoms. The van der Waals surface area contributed by atoms with Crippen LogP contribution in [0.15, 0.2) is 53.3 Å². The predicted molar refractivity (Wildman–Crippen MR) is 78.3 cm³/mol. The minimum absolute atomic E-state index is 0.0639. The van der Waals surface area contributed by atoms with E-state index in [1.165, 1.54) is 0 Å². The number of rotatable bonds is 1. The fraction of sp³-hybridized carbons (Fsp3) is 0. The molecule has 0 aliphatic heterocycles. The average molecular weight is 352 g/mol. The number of aromatic amines is 1. The highest BCUT2D eigenvalue weighted by Crippen LogP contribution is 2.05. The van der Waals surface area contributed by atoms with Crippen molar-refractivity contribution in [3.63, 3.8) is 0 Å². The van der Waals surface area contributed by atoms with E-state index in [9.17, 15) is 9.59 Å². The van der Waals surface area contributed by atoms with Crippen LogP contribution in [-0.4, -0.2) is 13.8 Å². The summed E-state index contributed by atoms with van der Waals surface area (Å²) >= 11 is 1.59. The van der Waals surface area contributed by atoms with Crippen LogP contribution < -0.4 is 5.56 Å². The van der Waals surface area contributed by atoms with Crippen LogP contribution in [0.25, 0.3) is 10.9 Å². The Morgan fingerprint density at radius 3 is 2.33 bits per heavy atom. The van der Waals surface area contributed by atoms with Crippen LogP contribution in [0.2, 0.25) is 0 Å². The molecule has 5 heteroatoms. The van der Waals surface area contributed by atoms with E-state index in [-0.39, 0.29) is 15.2 Å². The molecule has 2 aromatic rings. The molecular formula is C13H9IN2O2. The van der Waals surface area contributed by atoms with E-state index in [0.717, 1.165) is 0 Å². The van der Waals surface area contributed by atoms with Crippen LogP contribution in [0, 0.1) is 0 Å². The van der Waals surface area contributed by atoms with Crippen molar-refractivity contribution in [2.75, 3.05) is 0 Å². The van der Waals surface area contributed by atoms with E-state index in [2.05, 4.69) is 9.97 Å². The Morgan fingerprint density at radius 2 is 1.67 bits per heavy atom. The van der Waals surface area contributed by atoms with E-state index in [1.807, 2.05) is 24.3 Å². The SMILES string of the molecule is O=C(I)c1nc2ccccccccc2c(=O)[nH]1. The Morgan fingerprint density at radius 1 is 1.06 bits per heavy atom. The maximum absolute atomic E-state index is 11.9. The van der Waals surface area contributed by atoms with E-state index in [0.29, 0.717) is 10.9 Å². The molecule has 0 fully saturated rings. The molecule has 0 aliphatic carbocycles. The first-order valence-electron chi connectivity index (χ1n) is 5.21. The third-order valence-electron chi connectivity index (χ3n) is 2.24. The second-order valence-electron chi connectivity index (χ2n) is 3.48. The second-order valence-corrected chi connectivity index (χ2v) is 4.45. The summed E-state index contributed by atoms with van der Waals surface area (Å²) in [5.74, 6) is 0.0639. The van der Waals surface area contributed by atoms with E-state index in [4.69, 9.17) is 0 Å². The lowest BCUT2D eigenvalue weighted by molar-refractivity contribution is 0.109. The molecule has 18 heavy (non-hydrogen) atoms. The number of halogens is 1. The minimum Gasteiger partial charge on any atom is -0.303 e. The first-order valence-corrected chi connectivity index (χ1v) is 6.28. The number of nitrogens with zero attached hydrogens (tertiary/aromatic N) is 1. The van der Waals surface area contributed by atoms with Gasteiger partial charge in [0, 0.05) is 22.6 Å². The molecule has 0 radical (unpaired) electrons. The fourth-order valence-corrected chi connectivity index (χ4v) is 1.69. The summed E-state index contributed by atoms with van der Waals surface area (Å²) < 4.78 is -0.294. The third-order valence-corrected chi connectivity index (χ3v) is 2.75. The van der Waals surface area contributed by atoms with Gasteiger partial charge >= 0.3 is 0 Å². The highest BCUT2D eigenvalue weighted by atomic mass is 127. The van der Waals surface area contributed by atoms with Crippen LogP contribution in [0.5, 0.6) is 0 Å². The van der Waals surface area contributed by atoms with Gasteiger partial charge in [-0.15, -0.1) is 0 Å². The molecule has 0 saturated heterocycles. The summed E-state index contributed by atoms with van der Waals surface area (Å²) in [7, 11) is 0. The zero-order valence-corrected chi connectivity index (χ0v) is 11.4. The normalized spacial score (nSPS) is 9.83. The number of H-pyrrole nitrogens is 1. The Balaban J connectivity index is 2.88. The van der Waals surface area contributed by atoms with Crippen molar-refractivity contribution in [2.45, 2.75) is 0 Å². The van der Waals surface area contributed by atoms with Gasteiger partial charge in [-0.05, 0) is 12.1 Å². The average Bonchev–Trinajstić information content (AvgIpc) is 2.35. The zero-order chi connectivity index (χ0) is 13.0. The van der Waals surface area contributed by atoms with Crippen molar-refractivity contribution in [3.05, 3.63) is 64.7 Å². The van der Waals surface area contributed by atoms with Gasteiger partial charge < -0.3 is 4.98 Å². The molecule has 0 aliphatic rings. The van der Waals surface area contributed by atoms with Gasteiger partial charge in [-0.3, -0.25) is 9.59 Å². The maximum atomic E-state index is 11.9. The van der Waals surface area contributed by atoms with Crippen molar-refractivity contribution in [1.82, 2.24) is 9.97 Å². The maximum Gasteiger partial charge on any atom is 0.259 e. The lowest BCUT2D eigenvalue weighted by Crippen LogP contribution is -2.12. The molecular weight excluding hydrogens is 343 g/mol. The van der Waals surface area contributed by atoms with E-state index < -0.39 is 0 Å². The highest BCUT2D eigenvalue weighted by Gasteiger charge is 2.06. The monoisotopic (exact) mass is 352 g/mol. The van der Waals surface area contributed by atoms with Gasteiger partial charge in [-0.1, -0.05) is 36.4 Å². The number of hydrogen-bond donors (Lipinski definition) is 1. The van der Waals surface area contributed by atoms with Crippen molar-refractivity contribution < 1.29 is 4.79 Å². The molecule has 1 N–H and O–H groups in total. The summed E-state index contributed by atoms with van der Waals surface area (Å²) in [5, 5.41) is 0.438. The molecule has 0 saturated carbocycles. The number of aromatic nitrogens is 2. The Hall–Kier alpha value is -1.76. The summed E-state index contributed by atoms with van der Waals surface area (Å²) in [4.78, 5) is 29.7. The van der Waals surface area contributed by atoms with Gasteiger partial charge in [0.1, 0.15) is 0 Å². The van der Waals surface area contributed by atoms with Gasteiger partial charge in [-0.2, -0.15) is 0 Å². The van der Waals surface area contributed by atoms with Gasteiger partial charge in [0.2, 0.25) is 0 Å². The molecule has 1 aromatic carbocycles. The Bertz CT molecular complexity index is 708. The molecule has 0 unspecified atom stereocenters. The fourth-order valence-electron chi connectivity index (χ4n) is 1.44. The van der Waals surface area contributed by atoms with Crippen molar-refractivity contribution in [2.24, 2.45) is 0 Å². The standard InChI is InChI=1S/C13H9IN2O2/c14-11(17)12-15-10-8-6-4-2-1-3-5-7-9(10)13(18)16-12/h1-8H,(H,15,16,18). The molecule has 0 atom stereocenters. The third kappa shape index (κ3) is 2.92. The number of carbonyl (C=O) groups excluding carboxylic acids is 1. The van der Waals surface area contributed by atoms with Crippen LogP contribution >= 0.6 is 22.6 Å². The molecule has 4 nitrogen and oxygen atoms in total. The molecule has 90 valence electrons. The Labute approximate surface area is 117 Å². The molecule has 1 heterocycles. The van der Waals surface area contributed by atoms with Crippen LogP contribution in [0.1, 0.15) is 10.6 Å². The van der Waals surface area contributed by atoms with Gasteiger partial charge in [-0.25, -0.2) is 4.98 Å². The topological polar surface area (TPSA) is 62.8 Å². The molecule has 0 amide bonds. The zero-order valence-electron chi connectivity index (χ0n) is 9.26. The second kappa shape index (κ2) is 5.72. The number of hydrogen-bond acceptors (Lipinski definition) is 3. The van der Waals surface area contributed by atoms with Crippen molar-refractivity contribution in [3.8, 4) is 0 Å². The van der Waals surface area contributed by atoms with Gasteiger partial charge in [0.05, 0.1) is 10.9 Å². The lowest BCUT2D eigenvalue weighted by Gasteiger charge is -1.96. The van der Waals surface area contributed by atoms with Gasteiger partial charge in [0.25, 0.3) is 9.35 Å². The Kier molecular flexibility index (Phi) is 4.03. The van der Waals surface area contributed by atoms with Crippen molar-refractivity contribution in [1.29, 1.82) is 0 Å². The smallest absolute Gasteiger partial charge is 0.259 e. The predicted octanol–water partition coefficient (Wildman–Crippen LogP) is 2.62. The van der Waals surface area contributed by atoms with Gasteiger partial charge in [0.15, 0.2) is 5.82 Å². The van der Waals surface area contributed by atoms with E-state index >= 15 is 0 Å². The van der Waals surface area contributed by atoms with Crippen LogP contribution in [0.3, 0.4) is 0 Å². The number of fused-ring (bicyclic) bond motifs is 1. The van der Waals surface area contributed by atoms with Crippen molar-refractivity contribution >= 4 is 37.3 Å². The van der Waals surface area contributed by atoms with E-state index in [1.54, 1.807) is 46.9 Å². The van der Waals surface area contributed by atoms with Crippen LogP contribution in [-0.2, 0) is 0 Å². The summed E-state index contributed by atoms with van der Waals surface area (Å²) in [5.41, 5.74) is 0.161. The lowest BCUT2D eigenvalue weighted by atomic mass is 10.3. The summed E-state index contributed by atoms with van der Waals surface area (Å²) in [6.45, 7) is 0. The summed E-state index contributed by atoms with van der Waals surface area (Å²) in [6, 6.07) is 14.3. The number of nitrogens with one attached hydrogen (secondary N) is 1. The number of carbonyl (C=O) groups is 1.